The summed E-state index contributed by atoms with van der Waals surface area (Å²) in [5, 5.41) is 15.1. The van der Waals surface area contributed by atoms with Crippen LogP contribution in [0.5, 0.6) is 0 Å². The molecule has 2 aromatic carbocycles. The van der Waals surface area contributed by atoms with Gasteiger partial charge in [-0.3, -0.25) is 9.13 Å². The normalized spacial score (nSPS) is 14.5. The minimum absolute atomic E-state index is 0.0147. The number of aromatic nitrogens is 6. The number of nitrogens with one attached hydrogen (secondary N) is 1. The standard InChI is InChI=1S/C29H35ClN6O/c1-20(2)12-17-26-27(30)36(19-21-8-4-3-5-9-21)29(37)35(26)18-22-13-15-23(16-14-22)24-10-6-7-11-25(24)28-31-33-34-32-28/h6-7,10-11,13-16,20-21H,3-5,8-9,12,17-19H2,1-2H3,(H,31,32,33,34). The van der Waals surface area contributed by atoms with E-state index in [-0.39, 0.29) is 5.69 Å². The molecule has 0 radical (unpaired) electrons. The van der Waals surface area contributed by atoms with Crippen molar-refractivity contribution in [3.8, 4) is 22.5 Å². The summed E-state index contributed by atoms with van der Waals surface area (Å²) in [5.41, 5.74) is 5.06. The van der Waals surface area contributed by atoms with Crippen molar-refractivity contribution in [1.82, 2.24) is 29.8 Å². The molecule has 5 rings (SSSR count). The number of H-pyrrole nitrogens is 1. The average molecular weight is 519 g/mol. The van der Waals surface area contributed by atoms with Crippen LogP contribution in [0.3, 0.4) is 0 Å². The van der Waals surface area contributed by atoms with Crippen LogP contribution in [0.15, 0.2) is 53.3 Å². The van der Waals surface area contributed by atoms with Gasteiger partial charge in [0.05, 0.1) is 12.2 Å². The van der Waals surface area contributed by atoms with Crippen LogP contribution >= 0.6 is 11.6 Å². The van der Waals surface area contributed by atoms with Crippen molar-refractivity contribution in [3.63, 3.8) is 0 Å². The molecular weight excluding hydrogens is 484 g/mol. The smallest absolute Gasteiger partial charge is 0.290 e. The Labute approximate surface area is 222 Å². The highest BCUT2D eigenvalue weighted by molar-refractivity contribution is 6.30. The summed E-state index contributed by atoms with van der Waals surface area (Å²) < 4.78 is 3.73. The number of nitrogens with zero attached hydrogens (tertiary/aromatic N) is 5. The summed E-state index contributed by atoms with van der Waals surface area (Å²) >= 11 is 6.90. The molecule has 0 bridgehead atoms. The first-order chi connectivity index (χ1) is 18.0. The molecule has 0 amide bonds. The Morgan fingerprint density at radius 2 is 1.73 bits per heavy atom. The molecule has 0 unspecified atom stereocenters. The molecule has 4 aromatic rings. The zero-order valence-electron chi connectivity index (χ0n) is 21.7. The fourth-order valence-corrected chi connectivity index (χ4v) is 5.74. The summed E-state index contributed by atoms with van der Waals surface area (Å²) in [6.07, 6.45) is 7.97. The summed E-state index contributed by atoms with van der Waals surface area (Å²) in [6, 6.07) is 16.4. The van der Waals surface area contributed by atoms with Crippen LogP contribution in [0.25, 0.3) is 22.5 Å². The first-order valence-electron chi connectivity index (χ1n) is 13.4. The van der Waals surface area contributed by atoms with Crippen molar-refractivity contribution < 1.29 is 0 Å². The lowest BCUT2D eigenvalue weighted by Crippen LogP contribution is -2.28. The van der Waals surface area contributed by atoms with Crippen LogP contribution in [-0.2, 0) is 19.5 Å². The van der Waals surface area contributed by atoms with E-state index in [0.717, 1.165) is 47.3 Å². The largest absolute Gasteiger partial charge is 0.329 e. The molecule has 0 spiro atoms. The van der Waals surface area contributed by atoms with E-state index in [0.29, 0.717) is 29.4 Å². The average Bonchev–Trinajstić information content (AvgIpc) is 3.53. The summed E-state index contributed by atoms with van der Waals surface area (Å²) in [7, 11) is 0. The summed E-state index contributed by atoms with van der Waals surface area (Å²) in [5.74, 6) is 1.64. The third-order valence-electron chi connectivity index (χ3n) is 7.51. The number of halogens is 1. The highest BCUT2D eigenvalue weighted by Gasteiger charge is 2.22. The van der Waals surface area contributed by atoms with Crippen molar-refractivity contribution in [1.29, 1.82) is 0 Å². The van der Waals surface area contributed by atoms with Crippen molar-refractivity contribution >= 4 is 11.6 Å². The second kappa shape index (κ2) is 11.5. The van der Waals surface area contributed by atoms with Gasteiger partial charge in [0.25, 0.3) is 0 Å². The first-order valence-corrected chi connectivity index (χ1v) is 13.8. The van der Waals surface area contributed by atoms with E-state index < -0.39 is 0 Å². The number of hydrogen-bond acceptors (Lipinski definition) is 4. The predicted molar refractivity (Wildman–Crippen MR) is 148 cm³/mol. The Morgan fingerprint density at radius 1 is 1.00 bits per heavy atom. The maximum Gasteiger partial charge on any atom is 0.329 e. The van der Waals surface area contributed by atoms with Crippen molar-refractivity contribution in [2.75, 3.05) is 0 Å². The number of hydrogen-bond donors (Lipinski definition) is 1. The van der Waals surface area contributed by atoms with E-state index in [2.05, 4.69) is 64.8 Å². The molecule has 1 aliphatic rings. The molecule has 0 saturated heterocycles. The lowest BCUT2D eigenvalue weighted by atomic mass is 9.89. The lowest BCUT2D eigenvalue weighted by Gasteiger charge is -2.21. The number of imidazole rings is 1. The molecule has 1 saturated carbocycles. The molecule has 194 valence electrons. The highest BCUT2D eigenvalue weighted by Crippen LogP contribution is 2.30. The van der Waals surface area contributed by atoms with Gasteiger partial charge in [0, 0.05) is 12.1 Å². The number of rotatable bonds is 9. The van der Waals surface area contributed by atoms with E-state index >= 15 is 0 Å². The van der Waals surface area contributed by atoms with Crippen molar-refractivity contribution in [2.24, 2.45) is 11.8 Å². The van der Waals surface area contributed by atoms with Crippen molar-refractivity contribution in [3.05, 3.63) is 75.4 Å². The van der Waals surface area contributed by atoms with Gasteiger partial charge in [-0.25, -0.2) is 4.79 Å². The number of aromatic amines is 1. The quantitative estimate of drug-likeness (QED) is 0.279. The fourth-order valence-electron chi connectivity index (χ4n) is 5.40. The van der Waals surface area contributed by atoms with Crippen LogP contribution in [0, 0.1) is 11.8 Å². The topological polar surface area (TPSA) is 81.4 Å². The Bertz CT molecular complexity index is 1360. The third-order valence-corrected chi connectivity index (χ3v) is 7.93. The molecule has 2 aromatic heterocycles. The molecule has 7 nitrogen and oxygen atoms in total. The third kappa shape index (κ3) is 5.72. The molecule has 1 fully saturated rings. The molecule has 0 aliphatic heterocycles. The Kier molecular flexibility index (Phi) is 7.89. The lowest BCUT2D eigenvalue weighted by molar-refractivity contribution is 0.315. The number of tetrazole rings is 1. The zero-order chi connectivity index (χ0) is 25.8. The van der Waals surface area contributed by atoms with E-state index in [1.807, 2.05) is 27.3 Å². The molecule has 1 N–H and O–H groups in total. The number of benzene rings is 2. The van der Waals surface area contributed by atoms with Gasteiger partial charge in [-0.2, -0.15) is 5.21 Å². The predicted octanol–water partition coefficient (Wildman–Crippen LogP) is 6.37. The summed E-state index contributed by atoms with van der Waals surface area (Å²) in [6.45, 7) is 5.66. The van der Waals surface area contributed by atoms with Gasteiger partial charge < -0.3 is 0 Å². The second-order valence-electron chi connectivity index (χ2n) is 10.6. The molecule has 37 heavy (non-hydrogen) atoms. The first kappa shape index (κ1) is 25.5. The molecule has 1 aliphatic carbocycles. The summed E-state index contributed by atoms with van der Waals surface area (Å²) in [4.78, 5) is 13.6. The SMILES string of the molecule is CC(C)CCc1c(Cl)n(CC2CCCCC2)c(=O)n1Cc1ccc(-c2ccccc2-c2nn[nH]n2)cc1. The molecular formula is C29H35ClN6O. The van der Waals surface area contributed by atoms with Gasteiger partial charge in [0.2, 0.25) is 5.82 Å². The Balaban J connectivity index is 1.43. The molecule has 0 atom stereocenters. The highest BCUT2D eigenvalue weighted by atomic mass is 35.5. The van der Waals surface area contributed by atoms with E-state index in [1.54, 1.807) is 0 Å². The van der Waals surface area contributed by atoms with Crippen LogP contribution in [0.4, 0.5) is 0 Å². The van der Waals surface area contributed by atoms with Gasteiger partial charge in [-0.1, -0.05) is 93.2 Å². The molecule has 2 heterocycles. The second-order valence-corrected chi connectivity index (χ2v) is 11.0. The van der Waals surface area contributed by atoms with Gasteiger partial charge in [-0.05, 0) is 59.4 Å². The maximum atomic E-state index is 13.6. The fraction of sp³-hybridized carbons (Fsp3) is 0.448. The minimum atomic E-state index is 0.0147. The van der Waals surface area contributed by atoms with E-state index in [9.17, 15) is 4.79 Å². The maximum absolute atomic E-state index is 13.6. The van der Waals surface area contributed by atoms with Crippen LogP contribution in [0.2, 0.25) is 5.15 Å². The van der Waals surface area contributed by atoms with Crippen LogP contribution in [-0.4, -0.2) is 29.8 Å². The van der Waals surface area contributed by atoms with Crippen LogP contribution < -0.4 is 5.69 Å². The van der Waals surface area contributed by atoms with E-state index in [4.69, 9.17) is 11.6 Å². The van der Waals surface area contributed by atoms with E-state index in [1.165, 1.54) is 32.1 Å². The van der Waals surface area contributed by atoms with Crippen molar-refractivity contribution in [2.45, 2.75) is 71.9 Å². The monoisotopic (exact) mass is 518 g/mol. The van der Waals surface area contributed by atoms with Gasteiger partial charge in [0.15, 0.2) is 0 Å². The van der Waals surface area contributed by atoms with Gasteiger partial charge in [-0.15, -0.1) is 10.2 Å². The molecule has 8 heteroatoms. The Morgan fingerprint density at radius 3 is 2.41 bits per heavy atom. The van der Waals surface area contributed by atoms with Crippen LogP contribution in [0.1, 0.15) is 63.6 Å². The zero-order valence-corrected chi connectivity index (χ0v) is 22.4. The Hall–Kier alpha value is -3.19. The minimum Gasteiger partial charge on any atom is -0.290 e. The van der Waals surface area contributed by atoms with Gasteiger partial charge >= 0.3 is 5.69 Å². The van der Waals surface area contributed by atoms with Gasteiger partial charge in [0.1, 0.15) is 5.15 Å².